The van der Waals surface area contributed by atoms with Crippen molar-refractivity contribution >= 4 is 17.7 Å². The number of carbonyl (C=O) groups excluding carboxylic acids is 1. The van der Waals surface area contributed by atoms with E-state index < -0.39 is 0 Å². The molecule has 0 spiro atoms. The van der Waals surface area contributed by atoms with E-state index in [0.29, 0.717) is 0 Å². The molecule has 0 aliphatic rings. The molecule has 1 aromatic carbocycles. The average Bonchev–Trinajstić information content (AvgIpc) is 2.36. The molecule has 0 fully saturated rings. The number of ether oxygens (including phenoxy) is 1. The van der Waals surface area contributed by atoms with E-state index >= 15 is 0 Å². The van der Waals surface area contributed by atoms with Gasteiger partial charge in [-0.05, 0) is 23.1 Å². The van der Waals surface area contributed by atoms with Crippen LogP contribution in [0.5, 0.6) is 0 Å². The van der Waals surface area contributed by atoms with Gasteiger partial charge in [0.1, 0.15) is 0 Å². The second-order valence-corrected chi connectivity index (χ2v) is 7.36. The van der Waals surface area contributed by atoms with Gasteiger partial charge in [-0.3, -0.25) is 4.79 Å². The maximum Gasteiger partial charge on any atom is 0.309 e. The highest BCUT2D eigenvalue weighted by Crippen LogP contribution is 2.30. The average molecular weight is 280 g/mol. The summed E-state index contributed by atoms with van der Waals surface area (Å²) in [5.74, 6) is -0.247. The molecular formula is C16H24O2S. The topological polar surface area (TPSA) is 26.3 Å². The van der Waals surface area contributed by atoms with E-state index in [1.807, 2.05) is 6.92 Å². The van der Waals surface area contributed by atoms with Crippen LogP contribution in [0, 0.1) is 5.92 Å². The minimum atomic E-state index is -0.147. The Hall–Kier alpha value is -0.960. The molecule has 0 saturated carbocycles. The van der Waals surface area contributed by atoms with Crippen LogP contribution >= 0.6 is 11.8 Å². The molecule has 0 aromatic heterocycles. The lowest BCUT2D eigenvalue weighted by molar-refractivity contribution is -0.144. The molecule has 1 rings (SSSR count). The number of carbonyl (C=O) groups is 1. The molecule has 0 saturated heterocycles. The summed E-state index contributed by atoms with van der Waals surface area (Å²) in [6.45, 7) is 10.6. The van der Waals surface area contributed by atoms with Crippen LogP contribution in [-0.2, 0) is 14.9 Å². The Balaban J connectivity index is 2.70. The molecule has 3 heteroatoms. The summed E-state index contributed by atoms with van der Waals surface area (Å²) in [4.78, 5) is 12.7. The van der Waals surface area contributed by atoms with Crippen molar-refractivity contribution in [2.75, 3.05) is 7.11 Å². The van der Waals surface area contributed by atoms with Crippen LogP contribution < -0.4 is 0 Å². The molecule has 0 N–H and O–H groups in total. The molecule has 1 aromatic rings. The number of rotatable bonds is 4. The zero-order valence-electron chi connectivity index (χ0n) is 12.7. The molecule has 0 aliphatic heterocycles. The zero-order chi connectivity index (χ0) is 14.6. The van der Waals surface area contributed by atoms with E-state index in [1.165, 1.54) is 17.6 Å². The Morgan fingerprint density at radius 2 is 1.68 bits per heavy atom. The number of hydrogen-bond acceptors (Lipinski definition) is 3. The van der Waals surface area contributed by atoms with Gasteiger partial charge in [0.15, 0.2) is 0 Å². The van der Waals surface area contributed by atoms with Crippen LogP contribution in [0.1, 0.15) is 40.2 Å². The van der Waals surface area contributed by atoms with E-state index in [-0.39, 0.29) is 22.6 Å². The Labute approximate surface area is 120 Å². The molecule has 2 nitrogen and oxygen atoms in total. The van der Waals surface area contributed by atoms with Crippen molar-refractivity contribution in [3.63, 3.8) is 0 Å². The smallest absolute Gasteiger partial charge is 0.309 e. The fraction of sp³-hybridized carbons (Fsp3) is 0.562. The third-order valence-corrected chi connectivity index (χ3v) is 4.64. The molecule has 2 unspecified atom stereocenters. The van der Waals surface area contributed by atoms with E-state index in [9.17, 15) is 4.79 Å². The highest BCUT2D eigenvalue weighted by atomic mass is 32.2. The van der Waals surface area contributed by atoms with Crippen molar-refractivity contribution in [2.24, 2.45) is 5.92 Å². The minimum Gasteiger partial charge on any atom is -0.469 e. The van der Waals surface area contributed by atoms with Crippen molar-refractivity contribution in [1.29, 1.82) is 0 Å². The lowest BCUT2D eigenvalue weighted by Crippen LogP contribution is -2.21. The zero-order valence-corrected chi connectivity index (χ0v) is 13.5. The van der Waals surface area contributed by atoms with Crippen LogP contribution in [0.25, 0.3) is 0 Å². The molecular weight excluding hydrogens is 256 g/mol. The summed E-state index contributed by atoms with van der Waals surface area (Å²) in [5.41, 5.74) is 1.50. The predicted molar refractivity (Wildman–Crippen MR) is 81.6 cm³/mol. The van der Waals surface area contributed by atoms with Gasteiger partial charge in [0.2, 0.25) is 0 Å². The summed E-state index contributed by atoms with van der Waals surface area (Å²) in [6.07, 6.45) is 0. The van der Waals surface area contributed by atoms with Crippen LogP contribution in [0.3, 0.4) is 0 Å². The van der Waals surface area contributed by atoms with Crippen molar-refractivity contribution in [3.8, 4) is 0 Å². The van der Waals surface area contributed by atoms with Gasteiger partial charge in [-0.2, -0.15) is 0 Å². The van der Waals surface area contributed by atoms with Crippen LogP contribution in [-0.4, -0.2) is 18.3 Å². The van der Waals surface area contributed by atoms with Crippen molar-refractivity contribution in [3.05, 3.63) is 29.8 Å². The molecule has 0 aliphatic carbocycles. The fourth-order valence-electron chi connectivity index (χ4n) is 1.73. The predicted octanol–water partition coefficient (Wildman–Crippen LogP) is 4.27. The van der Waals surface area contributed by atoms with E-state index in [1.54, 1.807) is 11.8 Å². The van der Waals surface area contributed by atoms with Gasteiger partial charge in [0.25, 0.3) is 0 Å². The SMILES string of the molecule is COC(=O)C(C)C(C)Sc1ccc(C(C)(C)C)cc1. The Kier molecular flexibility index (Phi) is 5.48. The third kappa shape index (κ3) is 4.57. The number of thioether (sulfide) groups is 1. The Morgan fingerprint density at radius 3 is 2.11 bits per heavy atom. The van der Waals surface area contributed by atoms with Crippen molar-refractivity contribution < 1.29 is 9.53 Å². The van der Waals surface area contributed by atoms with Crippen LogP contribution in [0.4, 0.5) is 0 Å². The lowest BCUT2D eigenvalue weighted by Gasteiger charge is -2.20. The quantitative estimate of drug-likeness (QED) is 0.608. The first-order valence-corrected chi connectivity index (χ1v) is 7.48. The molecule has 19 heavy (non-hydrogen) atoms. The summed E-state index contributed by atoms with van der Waals surface area (Å²) in [6, 6.07) is 8.59. The van der Waals surface area contributed by atoms with Gasteiger partial charge >= 0.3 is 5.97 Å². The van der Waals surface area contributed by atoms with E-state index in [4.69, 9.17) is 4.74 Å². The monoisotopic (exact) mass is 280 g/mol. The Morgan fingerprint density at radius 1 is 1.16 bits per heavy atom. The highest BCUT2D eigenvalue weighted by Gasteiger charge is 2.22. The van der Waals surface area contributed by atoms with Gasteiger partial charge in [-0.25, -0.2) is 0 Å². The molecule has 2 atom stereocenters. The molecule has 0 heterocycles. The first-order valence-electron chi connectivity index (χ1n) is 6.60. The maximum absolute atomic E-state index is 11.5. The van der Waals surface area contributed by atoms with Gasteiger partial charge in [0.05, 0.1) is 13.0 Å². The van der Waals surface area contributed by atoms with Gasteiger partial charge in [-0.15, -0.1) is 11.8 Å². The first kappa shape index (κ1) is 16.1. The summed E-state index contributed by atoms with van der Waals surface area (Å²) < 4.78 is 4.78. The summed E-state index contributed by atoms with van der Waals surface area (Å²) in [7, 11) is 1.44. The van der Waals surface area contributed by atoms with Crippen LogP contribution in [0.15, 0.2) is 29.2 Å². The second-order valence-electron chi connectivity index (χ2n) is 5.91. The number of hydrogen-bond donors (Lipinski definition) is 0. The number of esters is 1. The normalized spacial score (nSPS) is 14.8. The highest BCUT2D eigenvalue weighted by molar-refractivity contribution is 8.00. The van der Waals surface area contributed by atoms with Crippen molar-refractivity contribution in [2.45, 2.75) is 50.2 Å². The van der Waals surface area contributed by atoms with Crippen LogP contribution in [0.2, 0.25) is 0 Å². The molecule has 0 amide bonds. The van der Waals surface area contributed by atoms with Gasteiger partial charge < -0.3 is 4.74 Å². The fourth-order valence-corrected chi connectivity index (χ4v) is 2.77. The van der Waals surface area contributed by atoms with E-state index in [2.05, 4.69) is 52.0 Å². The second kappa shape index (κ2) is 6.47. The molecule has 0 bridgehead atoms. The largest absolute Gasteiger partial charge is 0.469 e. The summed E-state index contributed by atoms with van der Waals surface area (Å²) >= 11 is 1.71. The van der Waals surface area contributed by atoms with Gasteiger partial charge in [0, 0.05) is 10.1 Å². The number of benzene rings is 1. The third-order valence-electron chi connectivity index (χ3n) is 3.32. The van der Waals surface area contributed by atoms with Gasteiger partial charge in [-0.1, -0.05) is 46.8 Å². The number of methoxy groups -OCH3 is 1. The Bertz CT molecular complexity index is 417. The minimum absolute atomic E-state index is 0.0997. The van der Waals surface area contributed by atoms with Crippen molar-refractivity contribution in [1.82, 2.24) is 0 Å². The first-order chi connectivity index (χ1) is 8.75. The maximum atomic E-state index is 11.5. The van der Waals surface area contributed by atoms with E-state index in [0.717, 1.165) is 0 Å². The standard InChI is InChI=1S/C16H24O2S/c1-11(15(17)18-6)12(2)19-14-9-7-13(8-10-14)16(3,4)5/h7-12H,1-6H3. The molecule has 106 valence electrons. The molecule has 0 radical (unpaired) electrons. The summed E-state index contributed by atoms with van der Waals surface area (Å²) in [5, 5.41) is 0.202. The lowest BCUT2D eigenvalue weighted by atomic mass is 9.87.